The predicted octanol–water partition coefficient (Wildman–Crippen LogP) is 1.82. The second-order valence-electron chi connectivity index (χ2n) is 4.99. The van der Waals surface area contributed by atoms with Crippen LogP contribution in [-0.4, -0.2) is 32.2 Å². The van der Waals surface area contributed by atoms with Crippen LogP contribution in [0, 0.1) is 6.92 Å². The standard InChI is InChI=1S/C14H20N6O/c1-4-13-15-7-12(8-16-13)18-14(21)17-9(2)5-11-6-10(3)19-20-11/h6-9H,4-5H2,1-3H3,(H,19,20)(H2,17,18,21). The van der Waals surface area contributed by atoms with Gasteiger partial charge in [0.1, 0.15) is 5.82 Å². The summed E-state index contributed by atoms with van der Waals surface area (Å²) in [5.74, 6) is 0.753. The van der Waals surface area contributed by atoms with E-state index in [0.29, 0.717) is 12.1 Å². The molecule has 2 aromatic heterocycles. The van der Waals surface area contributed by atoms with Crippen molar-refractivity contribution in [3.8, 4) is 0 Å². The van der Waals surface area contributed by atoms with E-state index < -0.39 is 0 Å². The largest absolute Gasteiger partial charge is 0.335 e. The number of anilines is 1. The third-order valence-electron chi connectivity index (χ3n) is 2.93. The average Bonchev–Trinajstić information content (AvgIpc) is 2.84. The number of aromatic nitrogens is 4. The normalized spacial score (nSPS) is 12.0. The summed E-state index contributed by atoms with van der Waals surface area (Å²) in [5.41, 5.74) is 2.51. The summed E-state index contributed by atoms with van der Waals surface area (Å²) in [6.07, 6.45) is 4.65. The van der Waals surface area contributed by atoms with Crippen LogP contribution in [-0.2, 0) is 12.8 Å². The molecule has 2 amide bonds. The Labute approximate surface area is 123 Å². The third-order valence-corrected chi connectivity index (χ3v) is 2.93. The van der Waals surface area contributed by atoms with E-state index >= 15 is 0 Å². The molecule has 0 saturated carbocycles. The van der Waals surface area contributed by atoms with Gasteiger partial charge in [-0.25, -0.2) is 14.8 Å². The summed E-state index contributed by atoms with van der Waals surface area (Å²) >= 11 is 0. The monoisotopic (exact) mass is 288 g/mol. The first-order chi connectivity index (χ1) is 10.1. The van der Waals surface area contributed by atoms with Crippen LogP contribution in [0.5, 0.6) is 0 Å². The van der Waals surface area contributed by atoms with E-state index in [4.69, 9.17) is 0 Å². The number of hydrogen-bond donors (Lipinski definition) is 3. The molecular formula is C14H20N6O. The van der Waals surface area contributed by atoms with Crippen LogP contribution in [0.1, 0.15) is 31.1 Å². The number of H-pyrrole nitrogens is 1. The highest BCUT2D eigenvalue weighted by Crippen LogP contribution is 2.04. The SMILES string of the molecule is CCc1ncc(NC(=O)NC(C)Cc2cc(C)[nH]n2)cn1. The van der Waals surface area contributed by atoms with Gasteiger partial charge in [-0.3, -0.25) is 5.10 Å². The van der Waals surface area contributed by atoms with Gasteiger partial charge in [0.05, 0.1) is 23.8 Å². The van der Waals surface area contributed by atoms with Gasteiger partial charge in [0, 0.05) is 24.6 Å². The highest BCUT2D eigenvalue weighted by atomic mass is 16.2. The molecule has 2 heterocycles. The lowest BCUT2D eigenvalue weighted by molar-refractivity contribution is 0.249. The fourth-order valence-corrected chi connectivity index (χ4v) is 1.94. The summed E-state index contributed by atoms with van der Waals surface area (Å²) in [6, 6.07) is 1.67. The molecular weight excluding hydrogens is 268 g/mol. The Morgan fingerprint density at radius 1 is 1.38 bits per heavy atom. The molecule has 0 saturated heterocycles. The first kappa shape index (κ1) is 15.0. The van der Waals surface area contributed by atoms with Gasteiger partial charge in [-0.1, -0.05) is 6.92 Å². The maximum atomic E-state index is 11.9. The first-order valence-corrected chi connectivity index (χ1v) is 6.96. The Morgan fingerprint density at radius 2 is 2.10 bits per heavy atom. The molecule has 2 rings (SSSR count). The Morgan fingerprint density at radius 3 is 2.67 bits per heavy atom. The van der Waals surface area contributed by atoms with Crippen molar-refractivity contribution in [2.75, 3.05) is 5.32 Å². The quantitative estimate of drug-likeness (QED) is 0.782. The number of aryl methyl sites for hydroxylation is 2. The highest BCUT2D eigenvalue weighted by molar-refractivity contribution is 5.89. The lowest BCUT2D eigenvalue weighted by Gasteiger charge is -2.13. The molecule has 0 aliphatic heterocycles. The van der Waals surface area contributed by atoms with Gasteiger partial charge in [-0.2, -0.15) is 5.10 Å². The van der Waals surface area contributed by atoms with Gasteiger partial charge < -0.3 is 10.6 Å². The van der Waals surface area contributed by atoms with Crippen molar-refractivity contribution in [1.82, 2.24) is 25.5 Å². The number of carbonyl (C=O) groups excluding carboxylic acids is 1. The smallest absolute Gasteiger partial charge is 0.319 e. The van der Waals surface area contributed by atoms with Crippen molar-refractivity contribution in [1.29, 1.82) is 0 Å². The fraction of sp³-hybridized carbons (Fsp3) is 0.429. The van der Waals surface area contributed by atoms with E-state index in [-0.39, 0.29) is 12.1 Å². The molecule has 7 heteroatoms. The zero-order valence-corrected chi connectivity index (χ0v) is 12.5. The van der Waals surface area contributed by atoms with E-state index in [1.165, 1.54) is 0 Å². The molecule has 0 spiro atoms. The van der Waals surface area contributed by atoms with Crippen molar-refractivity contribution in [3.05, 3.63) is 35.7 Å². The van der Waals surface area contributed by atoms with Crippen molar-refractivity contribution in [2.24, 2.45) is 0 Å². The van der Waals surface area contributed by atoms with Gasteiger partial charge in [-0.15, -0.1) is 0 Å². The molecule has 0 bridgehead atoms. The number of aromatic amines is 1. The van der Waals surface area contributed by atoms with E-state index in [2.05, 4.69) is 30.8 Å². The number of amides is 2. The number of nitrogens with zero attached hydrogens (tertiary/aromatic N) is 3. The maximum absolute atomic E-state index is 11.9. The van der Waals surface area contributed by atoms with Crippen LogP contribution in [0.4, 0.5) is 10.5 Å². The molecule has 0 fully saturated rings. The molecule has 21 heavy (non-hydrogen) atoms. The molecule has 1 unspecified atom stereocenters. The van der Waals surface area contributed by atoms with Crippen LogP contribution in [0.15, 0.2) is 18.5 Å². The first-order valence-electron chi connectivity index (χ1n) is 6.96. The Hall–Kier alpha value is -2.44. The van der Waals surface area contributed by atoms with Crippen LogP contribution >= 0.6 is 0 Å². The summed E-state index contributed by atoms with van der Waals surface area (Å²) in [7, 11) is 0. The number of carbonyl (C=O) groups is 1. The Bertz CT molecular complexity index is 592. The lowest BCUT2D eigenvalue weighted by Crippen LogP contribution is -2.37. The Kier molecular flexibility index (Phi) is 4.86. The van der Waals surface area contributed by atoms with E-state index in [1.807, 2.05) is 26.8 Å². The van der Waals surface area contributed by atoms with Crippen LogP contribution in [0.25, 0.3) is 0 Å². The fourth-order valence-electron chi connectivity index (χ4n) is 1.94. The summed E-state index contributed by atoms with van der Waals surface area (Å²) in [5, 5.41) is 12.6. The number of urea groups is 1. The summed E-state index contributed by atoms with van der Waals surface area (Å²) < 4.78 is 0. The van der Waals surface area contributed by atoms with Crippen LogP contribution < -0.4 is 10.6 Å². The second kappa shape index (κ2) is 6.83. The minimum atomic E-state index is -0.275. The molecule has 3 N–H and O–H groups in total. The third kappa shape index (κ3) is 4.55. The molecule has 2 aromatic rings. The van der Waals surface area contributed by atoms with Crippen molar-refractivity contribution < 1.29 is 4.79 Å². The van der Waals surface area contributed by atoms with E-state index in [0.717, 1.165) is 23.6 Å². The molecule has 0 radical (unpaired) electrons. The topological polar surface area (TPSA) is 95.6 Å². The zero-order valence-electron chi connectivity index (χ0n) is 12.5. The molecule has 0 aliphatic carbocycles. The van der Waals surface area contributed by atoms with Gasteiger partial charge >= 0.3 is 6.03 Å². The maximum Gasteiger partial charge on any atom is 0.319 e. The van der Waals surface area contributed by atoms with Gasteiger partial charge in [0.25, 0.3) is 0 Å². The molecule has 0 aromatic carbocycles. The van der Waals surface area contributed by atoms with E-state index in [9.17, 15) is 4.79 Å². The van der Waals surface area contributed by atoms with Crippen molar-refractivity contribution in [2.45, 2.75) is 39.7 Å². The van der Waals surface area contributed by atoms with Crippen molar-refractivity contribution in [3.63, 3.8) is 0 Å². The van der Waals surface area contributed by atoms with Crippen LogP contribution in [0.3, 0.4) is 0 Å². The zero-order chi connectivity index (χ0) is 15.2. The highest BCUT2D eigenvalue weighted by Gasteiger charge is 2.10. The molecule has 1 atom stereocenters. The summed E-state index contributed by atoms with van der Waals surface area (Å²) in [4.78, 5) is 20.1. The van der Waals surface area contributed by atoms with Gasteiger partial charge in [0.15, 0.2) is 0 Å². The predicted molar refractivity (Wildman–Crippen MR) is 80.1 cm³/mol. The lowest BCUT2D eigenvalue weighted by atomic mass is 10.2. The summed E-state index contributed by atoms with van der Waals surface area (Å²) in [6.45, 7) is 5.86. The number of rotatable bonds is 5. The van der Waals surface area contributed by atoms with E-state index in [1.54, 1.807) is 12.4 Å². The van der Waals surface area contributed by atoms with Gasteiger partial charge in [0.2, 0.25) is 0 Å². The molecule has 112 valence electrons. The number of nitrogens with one attached hydrogen (secondary N) is 3. The van der Waals surface area contributed by atoms with Crippen LogP contribution in [0.2, 0.25) is 0 Å². The minimum Gasteiger partial charge on any atom is -0.335 e. The minimum absolute atomic E-state index is 0.0245. The molecule has 7 nitrogen and oxygen atoms in total. The number of hydrogen-bond acceptors (Lipinski definition) is 4. The van der Waals surface area contributed by atoms with Gasteiger partial charge in [-0.05, 0) is 19.9 Å². The Balaban J connectivity index is 1.82. The second-order valence-corrected chi connectivity index (χ2v) is 4.99. The average molecular weight is 288 g/mol. The van der Waals surface area contributed by atoms with Crippen molar-refractivity contribution >= 4 is 11.7 Å². The molecule has 0 aliphatic rings.